The van der Waals surface area contributed by atoms with E-state index in [0.29, 0.717) is 37.4 Å². The second-order valence-electron chi connectivity index (χ2n) is 7.42. The Morgan fingerprint density at radius 2 is 1.47 bits per heavy atom. The van der Waals surface area contributed by atoms with Crippen molar-refractivity contribution < 1.29 is 14.5 Å². The molecule has 1 heterocycles. The summed E-state index contributed by atoms with van der Waals surface area (Å²) in [6.07, 6.45) is 0. The fourth-order valence-corrected chi connectivity index (χ4v) is 3.72. The van der Waals surface area contributed by atoms with Gasteiger partial charge in [-0.05, 0) is 30.3 Å². The molecule has 0 atom stereocenters. The number of para-hydroxylation sites is 2. The minimum atomic E-state index is -0.527. The van der Waals surface area contributed by atoms with Gasteiger partial charge in [0.05, 0.1) is 16.3 Å². The first-order valence-corrected chi connectivity index (χ1v) is 10.3. The van der Waals surface area contributed by atoms with E-state index in [1.807, 2.05) is 53.4 Å². The average Bonchev–Trinajstić information content (AvgIpc) is 2.84. The van der Waals surface area contributed by atoms with Crippen LogP contribution in [0.5, 0.6) is 0 Å². The van der Waals surface area contributed by atoms with Gasteiger partial charge in [0.1, 0.15) is 0 Å². The molecule has 162 valence electrons. The molecule has 0 saturated carbocycles. The number of anilines is 2. The second kappa shape index (κ2) is 9.30. The fraction of sp³-hybridized carbons (Fsp3) is 0.167. The summed E-state index contributed by atoms with van der Waals surface area (Å²) in [6.45, 7) is 2.40. The van der Waals surface area contributed by atoms with E-state index in [1.54, 1.807) is 12.1 Å². The van der Waals surface area contributed by atoms with Crippen LogP contribution in [-0.4, -0.2) is 47.8 Å². The molecule has 32 heavy (non-hydrogen) atoms. The Morgan fingerprint density at radius 3 is 2.19 bits per heavy atom. The zero-order chi connectivity index (χ0) is 22.5. The summed E-state index contributed by atoms with van der Waals surface area (Å²) in [4.78, 5) is 39.8. The lowest BCUT2D eigenvalue weighted by atomic mass is 10.1. The van der Waals surface area contributed by atoms with E-state index in [0.717, 1.165) is 5.69 Å². The molecular weight excluding hydrogens is 408 g/mol. The van der Waals surface area contributed by atoms with Gasteiger partial charge in [-0.1, -0.05) is 36.4 Å². The number of nitrogens with one attached hydrogen (secondary N) is 1. The van der Waals surface area contributed by atoms with Gasteiger partial charge >= 0.3 is 0 Å². The smallest absolute Gasteiger partial charge is 0.270 e. The molecule has 3 aromatic rings. The Bertz CT molecular complexity index is 1140. The molecule has 0 unspecified atom stereocenters. The summed E-state index contributed by atoms with van der Waals surface area (Å²) in [5, 5.41) is 13.9. The van der Waals surface area contributed by atoms with Crippen LogP contribution in [0, 0.1) is 10.1 Å². The third kappa shape index (κ3) is 4.59. The maximum absolute atomic E-state index is 12.7. The number of amides is 2. The molecule has 8 nitrogen and oxygen atoms in total. The predicted molar refractivity (Wildman–Crippen MR) is 122 cm³/mol. The van der Waals surface area contributed by atoms with Crippen LogP contribution < -0.4 is 10.2 Å². The van der Waals surface area contributed by atoms with Gasteiger partial charge in [-0.25, -0.2) is 0 Å². The van der Waals surface area contributed by atoms with Gasteiger partial charge in [0.2, 0.25) is 0 Å². The Kier molecular flexibility index (Phi) is 6.12. The largest absolute Gasteiger partial charge is 0.366 e. The summed E-state index contributed by atoms with van der Waals surface area (Å²) >= 11 is 0. The van der Waals surface area contributed by atoms with E-state index < -0.39 is 10.8 Å². The summed E-state index contributed by atoms with van der Waals surface area (Å²) in [5.41, 5.74) is 2.22. The highest BCUT2D eigenvalue weighted by molar-refractivity contribution is 6.06. The SMILES string of the molecule is O=C(Nc1ccccc1N1CCN(C(=O)c2ccccc2)CC1)c1cccc([N+](=O)[O-])c1. The lowest BCUT2D eigenvalue weighted by molar-refractivity contribution is -0.384. The van der Waals surface area contributed by atoms with E-state index in [1.165, 1.54) is 18.2 Å². The summed E-state index contributed by atoms with van der Waals surface area (Å²) in [6, 6.07) is 22.3. The standard InChI is InChI=1S/C24H22N4O4/c29-23(19-9-6-10-20(17-19)28(31)32)25-21-11-4-5-12-22(21)26-13-15-27(16-14-26)24(30)18-7-2-1-3-8-18/h1-12,17H,13-16H2,(H,25,29). The Labute approximate surface area is 185 Å². The van der Waals surface area contributed by atoms with Gasteiger partial charge in [0, 0.05) is 49.4 Å². The van der Waals surface area contributed by atoms with Crippen molar-refractivity contribution in [2.24, 2.45) is 0 Å². The topological polar surface area (TPSA) is 95.8 Å². The normalized spacial score (nSPS) is 13.5. The highest BCUT2D eigenvalue weighted by Gasteiger charge is 2.24. The number of non-ortho nitro benzene ring substituents is 1. The van der Waals surface area contributed by atoms with Crippen molar-refractivity contribution in [2.75, 3.05) is 36.4 Å². The zero-order valence-electron chi connectivity index (χ0n) is 17.3. The van der Waals surface area contributed by atoms with Gasteiger partial charge in [0.25, 0.3) is 17.5 Å². The number of piperazine rings is 1. The molecule has 1 N–H and O–H groups in total. The molecule has 2 amide bonds. The molecule has 0 aliphatic carbocycles. The maximum atomic E-state index is 12.7. The van der Waals surface area contributed by atoms with E-state index in [-0.39, 0.29) is 17.2 Å². The Morgan fingerprint density at radius 1 is 0.812 bits per heavy atom. The van der Waals surface area contributed by atoms with Gasteiger partial charge in [-0.3, -0.25) is 19.7 Å². The zero-order valence-corrected chi connectivity index (χ0v) is 17.3. The predicted octanol–water partition coefficient (Wildman–Crippen LogP) is 3.81. The average molecular weight is 430 g/mol. The van der Waals surface area contributed by atoms with Gasteiger partial charge in [-0.2, -0.15) is 0 Å². The summed E-state index contributed by atoms with van der Waals surface area (Å²) in [7, 11) is 0. The molecule has 0 radical (unpaired) electrons. The van der Waals surface area contributed by atoms with E-state index >= 15 is 0 Å². The number of carbonyl (C=O) groups excluding carboxylic acids is 2. The number of nitrogens with zero attached hydrogens (tertiary/aromatic N) is 3. The number of nitro groups is 1. The number of nitro benzene ring substituents is 1. The fourth-order valence-electron chi connectivity index (χ4n) is 3.72. The number of carbonyl (C=O) groups is 2. The monoisotopic (exact) mass is 430 g/mol. The van der Waals surface area contributed by atoms with E-state index in [4.69, 9.17) is 0 Å². The molecule has 3 aromatic carbocycles. The van der Waals surface area contributed by atoms with Gasteiger partial charge in [-0.15, -0.1) is 0 Å². The van der Waals surface area contributed by atoms with Crippen LogP contribution in [-0.2, 0) is 0 Å². The number of benzene rings is 3. The maximum Gasteiger partial charge on any atom is 0.270 e. The van der Waals surface area contributed by atoms with Crippen molar-refractivity contribution in [3.8, 4) is 0 Å². The van der Waals surface area contributed by atoms with Crippen LogP contribution in [0.4, 0.5) is 17.1 Å². The lowest BCUT2D eigenvalue weighted by Crippen LogP contribution is -2.49. The highest BCUT2D eigenvalue weighted by Crippen LogP contribution is 2.27. The van der Waals surface area contributed by atoms with Crippen LogP contribution >= 0.6 is 0 Å². The second-order valence-corrected chi connectivity index (χ2v) is 7.42. The summed E-state index contributed by atoms with van der Waals surface area (Å²) < 4.78 is 0. The first-order valence-electron chi connectivity index (χ1n) is 10.3. The molecule has 0 spiro atoms. The molecule has 0 aromatic heterocycles. The number of rotatable bonds is 5. The molecule has 8 heteroatoms. The van der Waals surface area contributed by atoms with E-state index in [9.17, 15) is 19.7 Å². The van der Waals surface area contributed by atoms with Crippen molar-refractivity contribution in [1.82, 2.24) is 4.90 Å². The molecule has 1 aliphatic rings. The third-order valence-corrected chi connectivity index (χ3v) is 5.40. The number of hydrogen-bond donors (Lipinski definition) is 1. The molecule has 1 saturated heterocycles. The van der Waals surface area contributed by atoms with Crippen LogP contribution in [0.25, 0.3) is 0 Å². The Balaban J connectivity index is 1.45. The molecule has 0 bridgehead atoms. The van der Waals surface area contributed by atoms with Crippen molar-refractivity contribution in [3.05, 3.63) is 100 Å². The molecule has 4 rings (SSSR count). The quantitative estimate of drug-likeness (QED) is 0.491. The molecule has 1 fully saturated rings. The van der Waals surface area contributed by atoms with Crippen molar-refractivity contribution in [3.63, 3.8) is 0 Å². The first kappa shape index (κ1) is 21.0. The van der Waals surface area contributed by atoms with Gasteiger partial charge < -0.3 is 15.1 Å². The molecule has 1 aliphatic heterocycles. The Hall–Kier alpha value is -4.20. The van der Waals surface area contributed by atoms with Crippen molar-refractivity contribution in [2.45, 2.75) is 0 Å². The van der Waals surface area contributed by atoms with Crippen molar-refractivity contribution >= 4 is 28.9 Å². The van der Waals surface area contributed by atoms with Crippen molar-refractivity contribution in [1.29, 1.82) is 0 Å². The minimum Gasteiger partial charge on any atom is -0.366 e. The molecular formula is C24H22N4O4. The van der Waals surface area contributed by atoms with Crippen LogP contribution in [0.15, 0.2) is 78.9 Å². The van der Waals surface area contributed by atoms with Crippen LogP contribution in [0.1, 0.15) is 20.7 Å². The van der Waals surface area contributed by atoms with Gasteiger partial charge in [0.15, 0.2) is 0 Å². The number of hydrogen-bond acceptors (Lipinski definition) is 5. The first-order chi connectivity index (χ1) is 15.5. The minimum absolute atomic E-state index is 0.0116. The van der Waals surface area contributed by atoms with E-state index in [2.05, 4.69) is 10.2 Å². The third-order valence-electron chi connectivity index (χ3n) is 5.40. The summed E-state index contributed by atoms with van der Waals surface area (Å²) in [5.74, 6) is -0.406. The van der Waals surface area contributed by atoms with Crippen LogP contribution in [0.3, 0.4) is 0 Å². The van der Waals surface area contributed by atoms with Crippen LogP contribution in [0.2, 0.25) is 0 Å². The lowest BCUT2D eigenvalue weighted by Gasteiger charge is -2.37. The highest BCUT2D eigenvalue weighted by atomic mass is 16.6.